The van der Waals surface area contributed by atoms with Crippen molar-refractivity contribution in [1.82, 2.24) is 0 Å². The molecule has 2 N–H and O–H groups in total. The highest BCUT2D eigenvalue weighted by Gasteiger charge is 2.32. The van der Waals surface area contributed by atoms with Gasteiger partial charge in [-0.1, -0.05) is 95.5 Å². The van der Waals surface area contributed by atoms with Crippen LogP contribution in [0.5, 0.6) is 11.5 Å². The molecule has 2 aromatic carbocycles. The number of hydrogen-bond donors (Lipinski definition) is 2. The molecular formula is C31H46O2. The van der Waals surface area contributed by atoms with Crippen molar-refractivity contribution in [2.24, 2.45) is 5.92 Å². The second-order valence-corrected chi connectivity index (χ2v) is 12.1. The van der Waals surface area contributed by atoms with Crippen molar-refractivity contribution in [2.75, 3.05) is 0 Å². The molecule has 182 valence electrons. The summed E-state index contributed by atoms with van der Waals surface area (Å²) in [6.45, 7) is 23.5. The molecule has 0 aliphatic carbocycles. The molecule has 33 heavy (non-hydrogen) atoms. The smallest absolute Gasteiger partial charge is 0.123 e. The Morgan fingerprint density at radius 2 is 1.21 bits per heavy atom. The van der Waals surface area contributed by atoms with Crippen LogP contribution < -0.4 is 0 Å². The van der Waals surface area contributed by atoms with Crippen LogP contribution in [0.4, 0.5) is 0 Å². The summed E-state index contributed by atoms with van der Waals surface area (Å²) in [4.78, 5) is 0. The zero-order chi connectivity index (χ0) is 25.3. The Balaban J connectivity index is 2.83. The van der Waals surface area contributed by atoms with E-state index < -0.39 is 0 Å². The fourth-order valence-corrected chi connectivity index (χ4v) is 4.78. The van der Waals surface area contributed by atoms with Crippen molar-refractivity contribution in [2.45, 2.75) is 106 Å². The molecule has 0 bridgehead atoms. The van der Waals surface area contributed by atoms with Crippen LogP contribution in [0, 0.1) is 19.8 Å². The Hall–Kier alpha value is -2.22. The predicted molar refractivity (Wildman–Crippen MR) is 143 cm³/mol. The van der Waals surface area contributed by atoms with Crippen LogP contribution in [0.3, 0.4) is 0 Å². The van der Waals surface area contributed by atoms with Gasteiger partial charge in [-0.2, -0.15) is 0 Å². The third kappa shape index (κ3) is 6.22. The Labute approximate surface area is 202 Å². The van der Waals surface area contributed by atoms with E-state index in [0.717, 1.165) is 46.2 Å². The molecule has 0 amide bonds. The van der Waals surface area contributed by atoms with Crippen LogP contribution in [-0.4, -0.2) is 10.2 Å². The average Bonchev–Trinajstić information content (AvgIpc) is 2.69. The van der Waals surface area contributed by atoms with Crippen molar-refractivity contribution in [1.29, 1.82) is 0 Å². The molecule has 1 atom stereocenters. The Kier molecular flexibility index (Phi) is 8.15. The summed E-state index contributed by atoms with van der Waals surface area (Å²) in [5.74, 6) is 0.870. The van der Waals surface area contributed by atoms with Gasteiger partial charge in [-0.25, -0.2) is 0 Å². The van der Waals surface area contributed by atoms with Crippen LogP contribution in [0.2, 0.25) is 0 Å². The fourth-order valence-electron chi connectivity index (χ4n) is 4.78. The molecule has 0 aliphatic rings. The summed E-state index contributed by atoms with van der Waals surface area (Å²) >= 11 is 0. The van der Waals surface area contributed by atoms with Crippen molar-refractivity contribution >= 4 is 0 Å². The van der Waals surface area contributed by atoms with Gasteiger partial charge in [0.1, 0.15) is 11.5 Å². The largest absolute Gasteiger partial charge is 0.507 e. The molecule has 0 radical (unpaired) electrons. The molecule has 0 saturated heterocycles. The number of benzene rings is 2. The van der Waals surface area contributed by atoms with E-state index in [1.807, 2.05) is 0 Å². The van der Waals surface area contributed by atoms with Gasteiger partial charge in [-0.3, -0.25) is 0 Å². The maximum atomic E-state index is 11.5. The maximum absolute atomic E-state index is 11.5. The lowest BCUT2D eigenvalue weighted by Gasteiger charge is -2.32. The molecule has 2 heteroatoms. The van der Waals surface area contributed by atoms with E-state index in [-0.39, 0.29) is 22.7 Å². The van der Waals surface area contributed by atoms with Crippen LogP contribution in [0.25, 0.3) is 0 Å². The highest BCUT2D eigenvalue weighted by molar-refractivity contribution is 5.56. The lowest BCUT2D eigenvalue weighted by Crippen LogP contribution is -2.19. The first-order valence-electron chi connectivity index (χ1n) is 12.4. The van der Waals surface area contributed by atoms with Crippen molar-refractivity contribution in [3.8, 4) is 11.5 Å². The first-order valence-corrected chi connectivity index (χ1v) is 12.4. The van der Waals surface area contributed by atoms with Gasteiger partial charge < -0.3 is 10.2 Å². The number of phenolic OH excluding ortho intramolecular Hbond substituents is 2. The monoisotopic (exact) mass is 450 g/mol. The summed E-state index contributed by atoms with van der Waals surface area (Å²) in [6.07, 6.45) is 4.16. The second kappa shape index (κ2) is 9.95. The van der Waals surface area contributed by atoms with Gasteiger partial charge in [0.2, 0.25) is 0 Å². The molecule has 2 rings (SSSR count). The van der Waals surface area contributed by atoms with Gasteiger partial charge >= 0.3 is 0 Å². The van der Waals surface area contributed by atoms with Crippen LogP contribution in [-0.2, 0) is 10.8 Å². The highest BCUT2D eigenvalue weighted by Crippen LogP contribution is 2.48. The number of rotatable bonds is 6. The van der Waals surface area contributed by atoms with Crippen molar-refractivity contribution < 1.29 is 10.2 Å². The van der Waals surface area contributed by atoms with E-state index >= 15 is 0 Å². The first-order chi connectivity index (χ1) is 15.1. The lowest BCUT2D eigenvalue weighted by molar-refractivity contribution is 0.398. The van der Waals surface area contributed by atoms with E-state index in [0.29, 0.717) is 11.5 Å². The number of hydrogen-bond acceptors (Lipinski definition) is 2. The normalized spacial score (nSPS) is 14.1. The van der Waals surface area contributed by atoms with Crippen LogP contribution >= 0.6 is 0 Å². The van der Waals surface area contributed by atoms with Gasteiger partial charge in [-0.15, -0.1) is 0 Å². The maximum Gasteiger partial charge on any atom is 0.123 e. The first kappa shape index (κ1) is 27.0. The second-order valence-electron chi connectivity index (χ2n) is 12.1. The Morgan fingerprint density at radius 3 is 1.55 bits per heavy atom. The summed E-state index contributed by atoms with van der Waals surface area (Å²) in [6, 6.07) is 8.43. The topological polar surface area (TPSA) is 40.5 Å². The third-order valence-electron chi connectivity index (χ3n) is 6.91. The fraction of sp³-hybridized carbons (Fsp3) is 0.548. The van der Waals surface area contributed by atoms with Crippen LogP contribution in [0.1, 0.15) is 114 Å². The molecule has 0 spiro atoms. The Morgan fingerprint density at radius 1 is 0.818 bits per heavy atom. The number of aromatic hydroxyl groups is 2. The van der Waals surface area contributed by atoms with Gasteiger partial charge in [-0.05, 0) is 68.4 Å². The van der Waals surface area contributed by atoms with Crippen molar-refractivity contribution in [3.05, 3.63) is 69.3 Å². The minimum atomic E-state index is -0.175. The molecular weight excluding hydrogens is 404 g/mol. The standard InChI is InChI=1S/C31H46O2/c1-12-19(2)13-14-22(5)27(23-15-20(3)17-25(28(23)32)30(6,7)8)24-16-21(4)18-26(29(24)33)31(9,10)11/h12,15-18,22,27,32-33H,13-14H2,1-11H3/b19-12-. The van der Waals surface area contributed by atoms with E-state index in [9.17, 15) is 10.2 Å². The molecule has 2 nitrogen and oxygen atoms in total. The molecule has 2 aromatic rings. The summed E-state index contributed by atoms with van der Waals surface area (Å²) in [5, 5.41) is 23.1. The minimum Gasteiger partial charge on any atom is -0.507 e. The Bertz CT molecular complexity index is 943. The van der Waals surface area contributed by atoms with Crippen molar-refractivity contribution in [3.63, 3.8) is 0 Å². The number of allylic oxidation sites excluding steroid dienone is 2. The van der Waals surface area contributed by atoms with E-state index in [2.05, 4.69) is 107 Å². The van der Waals surface area contributed by atoms with E-state index in [4.69, 9.17) is 0 Å². The molecule has 1 unspecified atom stereocenters. The minimum absolute atomic E-state index is 0.100. The third-order valence-corrected chi connectivity index (χ3v) is 6.91. The quantitative estimate of drug-likeness (QED) is 0.432. The molecule has 0 aromatic heterocycles. The molecule has 0 fully saturated rings. The zero-order valence-electron chi connectivity index (χ0n) is 22.9. The zero-order valence-corrected chi connectivity index (χ0v) is 22.9. The average molecular weight is 451 g/mol. The predicted octanol–water partition coefficient (Wildman–Crippen LogP) is 8.82. The lowest BCUT2D eigenvalue weighted by atomic mass is 9.73. The summed E-state index contributed by atoms with van der Waals surface area (Å²) < 4.78 is 0. The van der Waals surface area contributed by atoms with Gasteiger partial charge in [0, 0.05) is 17.0 Å². The number of aryl methyl sites for hydroxylation is 2. The van der Waals surface area contributed by atoms with Gasteiger partial charge in [0.15, 0.2) is 0 Å². The van der Waals surface area contributed by atoms with Gasteiger partial charge in [0.05, 0.1) is 0 Å². The molecule has 0 aliphatic heterocycles. The SMILES string of the molecule is C/C=C(/C)CCC(C)C(c1cc(C)cc(C(C)(C)C)c1O)c1cc(C)cc(C(C)(C)C)c1O. The number of phenols is 2. The van der Waals surface area contributed by atoms with E-state index in [1.165, 1.54) is 5.57 Å². The molecule has 0 saturated carbocycles. The highest BCUT2D eigenvalue weighted by atomic mass is 16.3. The van der Waals surface area contributed by atoms with Crippen LogP contribution in [0.15, 0.2) is 35.9 Å². The summed E-state index contributed by atoms with van der Waals surface area (Å²) in [5.41, 5.74) is 7.06. The molecule has 0 heterocycles. The summed E-state index contributed by atoms with van der Waals surface area (Å²) in [7, 11) is 0. The van der Waals surface area contributed by atoms with E-state index in [1.54, 1.807) is 0 Å². The van der Waals surface area contributed by atoms with Gasteiger partial charge in [0.25, 0.3) is 0 Å².